The molecule has 2 nitrogen and oxygen atoms in total. The van der Waals surface area contributed by atoms with Crippen LogP contribution in [0.5, 0.6) is 0 Å². The van der Waals surface area contributed by atoms with Gasteiger partial charge in [-0.15, -0.1) is 0 Å². The van der Waals surface area contributed by atoms with Gasteiger partial charge in [0.1, 0.15) is 0 Å². The number of nitrogens with zero attached hydrogens (tertiary/aromatic N) is 2. The molecule has 2 heteroatoms. The summed E-state index contributed by atoms with van der Waals surface area (Å²) in [4.78, 5) is 4.86. The highest BCUT2D eigenvalue weighted by atomic mass is 15.1. The number of rotatable bonds is 6. The molecule has 278 valence electrons. The van der Waals surface area contributed by atoms with E-state index in [9.17, 15) is 0 Å². The van der Waals surface area contributed by atoms with Gasteiger partial charge in [-0.25, -0.2) is 0 Å². The van der Waals surface area contributed by atoms with E-state index in [1.807, 2.05) is 0 Å². The molecule has 7 aromatic carbocycles. The first-order valence-corrected chi connectivity index (χ1v) is 20.1. The fraction of sp³-hybridized carbons (Fsp3) is 0.222. The van der Waals surface area contributed by atoms with Gasteiger partial charge in [-0.3, -0.25) is 0 Å². The molecule has 0 aliphatic heterocycles. The third-order valence-corrected chi connectivity index (χ3v) is 12.6. The Bertz CT molecular complexity index is 2500. The lowest BCUT2D eigenvalue weighted by atomic mass is 9.72. The van der Waals surface area contributed by atoms with Gasteiger partial charge in [0.15, 0.2) is 0 Å². The summed E-state index contributed by atoms with van der Waals surface area (Å²) in [5.74, 6) is 0. The van der Waals surface area contributed by atoms with E-state index < -0.39 is 0 Å². The van der Waals surface area contributed by atoms with Crippen LogP contribution >= 0.6 is 0 Å². The molecule has 0 saturated heterocycles. The van der Waals surface area contributed by atoms with Gasteiger partial charge in [-0.05, 0) is 181 Å². The molecular formula is C54H52N2. The van der Waals surface area contributed by atoms with Crippen molar-refractivity contribution in [2.24, 2.45) is 0 Å². The van der Waals surface area contributed by atoms with Crippen LogP contribution in [0.2, 0.25) is 0 Å². The standard InChI is InChI=1S/C54H52N2/c1-33-17-21-39(22-18-33)55(41-15-11-13-35(3)27-41)43-29-37(5)49-45-25-26-46-50-38(6)30-44(32-48(50)54(9,10)52(46)51(45)53(7,8)47(49)31-43)56(40-23-19-34(2)20-24-40)42-16-12-14-36(4)28-42/h11-32H,1-10H3. The molecule has 0 amide bonds. The lowest BCUT2D eigenvalue weighted by Gasteiger charge is -2.32. The van der Waals surface area contributed by atoms with Crippen LogP contribution in [0.25, 0.3) is 22.3 Å². The van der Waals surface area contributed by atoms with E-state index in [1.165, 1.54) is 112 Å². The molecule has 0 N–H and O–H groups in total. The minimum absolute atomic E-state index is 0.214. The fourth-order valence-electron chi connectivity index (χ4n) is 9.90. The Morgan fingerprint density at radius 1 is 0.339 bits per heavy atom. The summed E-state index contributed by atoms with van der Waals surface area (Å²) in [7, 11) is 0. The van der Waals surface area contributed by atoms with Gasteiger partial charge in [0.05, 0.1) is 0 Å². The predicted molar refractivity (Wildman–Crippen MR) is 239 cm³/mol. The molecule has 2 aliphatic carbocycles. The molecule has 7 aromatic rings. The minimum atomic E-state index is -0.214. The maximum absolute atomic E-state index is 2.48. The zero-order chi connectivity index (χ0) is 39.3. The Kier molecular flexibility index (Phi) is 8.22. The van der Waals surface area contributed by atoms with Crippen molar-refractivity contribution in [2.45, 2.75) is 80.1 Å². The third-order valence-electron chi connectivity index (χ3n) is 12.6. The van der Waals surface area contributed by atoms with Crippen molar-refractivity contribution in [3.8, 4) is 22.3 Å². The molecule has 0 heterocycles. The first-order valence-electron chi connectivity index (χ1n) is 20.1. The summed E-state index contributed by atoms with van der Waals surface area (Å²) in [5.41, 5.74) is 25.6. The minimum Gasteiger partial charge on any atom is -0.310 e. The molecule has 56 heavy (non-hydrogen) atoms. The summed E-state index contributed by atoms with van der Waals surface area (Å²) in [6, 6.07) is 50.3. The SMILES string of the molecule is Cc1ccc(N(c2cccc(C)c2)c2cc(C)c3c(c2)C(C)(C)c2c-3ccc3c2C(C)(C)c2cc(N(c4ccc(C)cc4)c4cccc(C)c4)cc(C)c2-3)cc1. The number of aryl methyl sites for hydroxylation is 6. The molecule has 0 bridgehead atoms. The summed E-state index contributed by atoms with van der Waals surface area (Å²) < 4.78 is 0. The quantitative estimate of drug-likeness (QED) is 0.168. The second kappa shape index (κ2) is 12.8. The molecule has 0 radical (unpaired) electrons. The number of hydrogen-bond acceptors (Lipinski definition) is 2. The van der Waals surface area contributed by atoms with E-state index >= 15 is 0 Å². The summed E-state index contributed by atoms with van der Waals surface area (Å²) in [6.07, 6.45) is 0. The van der Waals surface area contributed by atoms with Crippen molar-refractivity contribution in [1.29, 1.82) is 0 Å². The van der Waals surface area contributed by atoms with E-state index in [0.717, 1.165) is 0 Å². The topological polar surface area (TPSA) is 6.48 Å². The van der Waals surface area contributed by atoms with Gasteiger partial charge in [0.2, 0.25) is 0 Å². The average Bonchev–Trinajstić information content (AvgIpc) is 3.53. The lowest BCUT2D eigenvalue weighted by Crippen LogP contribution is -2.24. The van der Waals surface area contributed by atoms with Gasteiger partial charge in [0.25, 0.3) is 0 Å². The second-order valence-corrected chi connectivity index (χ2v) is 17.6. The van der Waals surface area contributed by atoms with Crippen LogP contribution < -0.4 is 9.80 Å². The van der Waals surface area contributed by atoms with E-state index in [4.69, 9.17) is 0 Å². The van der Waals surface area contributed by atoms with Crippen LogP contribution in [0.3, 0.4) is 0 Å². The van der Waals surface area contributed by atoms with E-state index in [0.29, 0.717) is 0 Å². The fourth-order valence-corrected chi connectivity index (χ4v) is 9.90. The van der Waals surface area contributed by atoms with E-state index in [-0.39, 0.29) is 10.8 Å². The number of hydrogen-bond donors (Lipinski definition) is 0. The highest BCUT2D eigenvalue weighted by Gasteiger charge is 2.47. The van der Waals surface area contributed by atoms with E-state index in [1.54, 1.807) is 0 Å². The van der Waals surface area contributed by atoms with Gasteiger partial charge < -0.3 is 9.80 Å². The number of anilines is 6. The molecule has 0 unspecified atom stereocenters. The molecule has 0 spiro atoms. The Labute approximate surface area is 334 Å². The van der Waals surface area contributed by atoms with Crippen LogP contribution in [-0.4, -0.2) is 0 Å². The first-order chi connectivity index (χ1) is 26.7. The molecule has 0 atom stereocenters. The molecular weight excluding hydrogens is 677 g/mol. The van der Waals surface area contributed by atoms with E-state index in [2.05, 4.69) is 212 Å². The Balaban J connectivity index is 1.20. The van der Waals surface area contributed by atoms with Gasteiger partial charge >= 0.3 is 0 Å². The maximum Gasteiger partial charge on any atom is 0.0467 e. The lowest BCUT2D eigenvalue weighted by molar-refractivity contribution is 0.601. The number of benzene rings is 7. The Morgan fingerprint density at radius 3 is 1.07 bits per heavy atom. The zero-order valence-electron chi connectivity index (χ0n) is 34.6. The molecule has 0 saturated carbocycles. The second-order valence-electron chi connectivity index (χ2n) is 17.6. The maximum atomic E-state index is 2.48. The van der Waals surface area contributed by atoms with Crippen molar-refractivity contribution in [1.82, 2.24) is 0 Å². The van der Waals surface area contributed by atoms with Crippen LogP contribution in [0, 0.1) is 41.5 Å². The zero-order valence-corrected chi connectivity index (χ0v) is 34.6. The van der Waals surface area contributed by atoms with Crippen molar-refractivity contribution >= 4 is 34.1 Å². The highest BCUT2D eigenvalue weighted by molar-refractivity contribution is 5.95. The smallest absolute Gasteiger partial charge is 0.0467 e. The van der Waals surface area contributed by atoms with Crippen molar-refractivity contribution < 1.29 is 0 Å². The summed E-state index contributed by atoms with van der Waals surface area (Å²) >= 11 is 0. The van der Waals surface area contributed by atoms with Crippen molar-refractivity contribution in [2.75, 3.05) is 9.80 Å². The van der Waals surface area contributed by atoms with Crippen LogP contribution in [0.15, 0.2) is 133 Å². The average molecular weight is 729 g/mol. The molecule has 0 fully saturated rings. The molecule has 2 aliphatic rings. The highest BCUT2D eigenvalue weighted by Crippen LogP contribution is 2.61. The van der Waals surface area contributed by atoms with Crippen LogP contribution in [-0.2, 0) is 10.8 Å². The van der Waals surface area contributed by atoms with Crippen LogP contribution in [0.4, 0.5) is 34.1 Å². The molecule has 9 rings (SSSR count). The Morgan fingerprint density at radius 2 is 0.714 bits per heavy atom. The summed E-state index contributed by atoms with van der Waals surface area (Å²) in [6.45, 7) is 23.1. The van der Waals surface area contributed by atoms with Crippen molar-refractivity contribution in [3.05, 3.63) is 189 Å². The predicted octanol–water partition coefficient (Wildman–Crippen LogP) is 15.1. The van der Waals surface area contributed by atoms with Gasteiger partial charge in [0, 0.05) is 45.0 Å². The molecule has 0 aromatic heterocycles. The van der Waals surface area contributed by atoms with Gasteiger partial charge in [-0.2, -0.15) is 0 Å². The summed E-state index contributed by atoms with van der Waals surface area (Å²) in [5, 5.41) is 0. The van der Waals surface area contributed by atoms with Gasteiger partial charge in [-0.1, -0.05) is 99.5 Å². The third kappa shape index (κ3) is 5.53. The van der Waals surface area contributed by atoms with Crippen LogP contribution in [0.1, 0.15) is 83.3 Å². The first kappa shape index (κ1) is 35.8. The largest absolute Gasteiger partial charge is 0.310 e. The monoisotopic (exact) mass is 728 g/mol. The van der Waals surface area contributed by atoms with Crippen molar-refractivity contribution in [3.63, 3.8) is 0 Å². The number of fused-ring (bicyclic) bond motifs is 7. The normalized spacial score (nSPS) is 14.2. The Hall–Kier alpha value is -5.86.